The van der Waals surface area contributed by atoms with E-state index in [1.807, 2.05) is 22.9 Å². The van der Waals surface area contributed by atoms with Crippen molar-refractivity contribution < 1.29 is 4.79 Å². The molecule has 144 valence electrons. The maximum absolute atomic E-state index is 12.2. The fraction of sp³-hybridized carbons (Fsp3) is 0.130. The molecule has 6 heteroatoms. The standard InChI is InChI=1S/C23H20N4OS/c1-27-13-19(20-11-17-3-2-7-24-23(17)26-20)18-9-15(4-5-21(18)27)12-25-22(28)10-16-6-8-29-14-16/h2-9,11,13-14H,10,12H2,1H3,(H,24,26)(H,25,28). The Morgan fingerprint density at radius 2 is 2.14 bits per heavy atom. The van der Waals surface area contributed by atoms with Crippen molar-refractivity contribution in [2.24, 2.45) is 7.05 Å². The smallest absolute Gasteiger partial charge is 0.224 e. The van der Waals surface area contributed by atoms with Crippen LogP contribution in [0.15, 0.2) is 65.6 Å². The van der Waals surface area contributed by atoms with Gasteiger partial charge in [-0.25, -0.2) is 4.98 Å². The van der Waals surface area contributed by atoms with Crippen LogP contribution in [0.1, 0.15) is 11.1 Å². The number of carbonyl (C=O) groups is 1. The normalized spacial score (nSPS) is 11.3. The van der Waals surface area contributed by atoms with Gasteiger partial charge in [0.05, 0.1) is 6.42 Å². The van der Waals surface area contributed by atoms with E-state index >= 15 is 0 Å². The Hall–Kier alpha value is -3.38. The van der Waals surface area contributed by atoms with Crippen LogP contribution in [-0.2, 0) is 24.8 Å². The van der Waals surface area contributed by atoms with Gasteiger partial charge >= 0.3 is 0 Å². The number of benzene rings is 1. The summed E-state index contributed by atoms with van der Waals surface area (Å²) in [6, 6.07) is 14.5. The SMILES string of the molecule is Cn1cc(-c2cc3cccnc3[nH]2)c2cc(CNC(=O)Cc3ccsc3)ccc21. The zero-order chi connectivity index (χ0) is 19.8. The first-order valence-corrected chi connectivity index (χ1v) is 10.4. The van der Waals surface area contributed by atoms with Crippen LogP contribution in [0, 0.1) is 0 Å². The molecule has 0 saturated heterocycles. The number of aromatic amines is 1. The van der Waals surface area contributed by atoms with E-state index in [0.29, 0.717) is 13.0 Å². The molecule has 4 heterocycles. The van der Waals surface area contributed by atoms with Gasteiger partial charge < -0.3 is 14.9 Å². The second-order valence-electron chi connectivity index (χ2n) is 7.21. The lowest BCUT2D eigenvalue weighted by Gasteiger charge is -2.06. The topological polar surface area (TPSA) is 62.7 Å². The van der Waals surface area contributed by atoms with Gasteiger partial charge in [-0.1, -0.05) is 6.07 Å². The van der Waals surface area contributed by atoms with Gasteiger partial charge in [-0.3, -0.25) is 4.79 Å². The molecule has 5 rings (SSSR count). The Balaban J connectivity index is 1.43. The quantitative estimate of drug-likeness (QED) is 0.451. The lowest BCUT2D eigenvalue weighted by atomic mass is 10.1. The minimum atomic E-state index is 0.0403. The molecule has 2 N–H and O–H groups in total. The molecule has 1 aromatic carbocycles. The second-order valence-corrected chi connectivity index (χ2v) is 7.99. The summed E-state index contributed by atoms with van der Waals surface area (Å²) in [5.74, 6) is 0.0403. The number of nitrogens with zero attached hydrogens (tertiary/aromatic N) is 2. The highest BCUT2D eigenvalue weighted by atomic mass is 32.1. The van der Waals surface area contributed by atoms with Crippen molar-refractivity contribution in [2.45, 2.75) is 13.0 Å². The molecule has 0 bridgehead atoms. The molecule has 5 aromatic rings. The molecule has 5 nitrogen and oxygen atoms in total. The number of H-pyrrole nitrogens is 1. The zero-order valence-corrected chi connectivity index (χ0v) is 16.8. The van der Waals surface area contributed by atoms with E-state index < -0.39 is 0 Å². The molecule has 1 amide bonds. The number of thiophene rings is 1. The van der Waals surface area contributed by atoms with E-state index in [1.165, 1.54) is 0 Å². The molecule has 0 saturated carbocycles. The summed E-state index contributed by atoms with van der Waals surface area (Å²) in [7, 11) is 2.05. The molecule has 0 aliphatic rings. The van der Waals surface area contributed by atoms with E-state index in [1.54, 1.807) is 17.5 Å². The fourth-order valence-corrected chi connectivity index (χ4v) is 4.38. The third kappa shape index (κ3) is 3.43. The van der Waals surface area contributed by atoms with E-state index in [2.05, 4.69) is 63.4 Å². The van der Waals surface area contributed by atoms with Crippen LogP contribution in [0.25, 0.3) is 33.2 Å². The van der Waals surface area contributed by atoms with Crippen LogP contribution in [0.5, 0.6) is 0 Å². The molecule has 0 spiro atoms. The van der Waals surface area contributed by atoms with E-state index in [4.69, 9.17) is 0 Å². The molecule has 0 radical (unpaired) electrons. The number of aromatic nitrogens is 3. The summed E-state index contributed by atoms with van der Waals surface area (Å²) < 4.78 is 2.13. The molecule has 0 aliphatic heterocycles. The number of fused-ring (bicyclic) bond motifs is 2. The number of amides is 1. The molecule has 0 fully saturated rings. The van der Waals surface area contributed by atoms with Crippen molar-refractivity contribution in [1.82, 2.24) is 19.9 Å². The molecule has 0 atom stereocenters. The van der Waals surface area contributed by atoms with Crippen molar-refractivity contribution in [3.63, 3.8) is 0 Å². The number of nitrogens with one attached hydrogen (secondary N) is 2. The largest absolute Gasteiger partial charge is 0.352 e. The van der Waals surface area contributed by atoms with Gasteiger partial charge in [0.2, 0.25) is 5.91 Å². The molecular formula is C23H20N4OS. The van der Waals surface area contributed by atoms with Crippen LogP contribution >= 0.6 is 11.3 Å². The van der Waals surface area contributed by atoms with Gasteiger partial charge in [-0.05, 0) is 58.3 Å². The fourth-order valence-electron chi connectivity index (χ4n) is 3.71. The van der Waals surface area contributed by atoms with Gasteiger partial charge in [-0.15, -0.1) is 0 Å². The van der Waals surface area contributed by atoms with Crippen LogP contribution in [-0.4, -0.2) is 20.4 Å². The Morgan fingerprint density at radius 3 is 2.97 bits per heavy atom. The maximum atomic E-state index is 12.2. The molecule has 0 aliphatic carbocycles. The third-order valence-corrected chi connectivity index (χ3v) is 5.90. The number of pyridine rings is 1. The summed E-state index contributed by atoms with van der Waals surface area (Å²) in [6.45, 7) is 0.515. The van der Waals surface area contributed by atoms with Crippen molar-refractivity contribution in [2.75, 3.05) is 0 Å². The lowest BCUT2D eigenvalue weighted by Crippen LogP contribution is -2.24. The molecule has 29 heavy (non-hydrogen) atoms. The van der Waals surface area contributed by atoms with E-state index in [9.17, 15) is 4.79 Å². The highest BCUT2D eigenvalue weighted by Gasteiger charge is 2.12. The predicted octanol–water partition coefficient (Wildman–Crippen LogP) is 4.64. The monoisotopic (exact) mass is 400 g/mol. The molecule has 4 aromatic heterocycles. The summed E-state index contributed by atoms with van der Waals surface area (Å²) in [4.78, 5) is 20.0. The van der Waals surface area contributed by atoms with Gasteiger partial charge in [-0.2, -0.15) is 11.3 Å². The first-order valence-electron chi connectivity index (χ1n) is 9.47. The third-order valence-electron chi connectivity index (χ3n) is 5.17. The first kappa shape index (κ1) is 17.7. The lowest BCUT2D eigenvalue weighted by molar-refractivity contribution is -0.120. The first-order chi connectivity index (χ1) is 14.2. The van der Waals surface area contributed by atoms with Crippen molar-refractivity contribution >= 4 is 39.2 Å². The average molecular weight is 401 g/mol. The van der Waals surface area contributed by atoms with E-state index in [0.717, 1.165) is 44.3 Å². The number of aryl methyl sites for hydroxylation is 1. The number of carbonyl (C=O) groups excluding carboxylic acids is 1. The Morgan fingerprint density at radius 1 is 1.21 bits per heavy atom. The van der Waals surface area contributed by atoms with Crippen molar-refractivity contribution in [1.29, 1.82) is 0 Å². The summed E-state index contributed by atoms with van der Waals surface area (Å²) in [6.07, 6.45) is 4.35. The van der Waals surface area contributed by atoms with Gasteiger partial charge in [0.1, 0.15) is 5.65 Å². The van der Waals surface area contributed by atoms with Crippen molar-refractivity contribution in [3.05, 3.63) is 76.7 Å². The van der Waals surface area contributed by atoms with Crippen molar-refractivity contribution in [3.8, 4) is 11.3 Å². The number of hydrogen-bond donors (Lipinski definition) is 2. The van der Waals surface area contributed by atoms with Crippen LogP contribution in [0.4, 0.5) is 0 Å². The average Bonchev–Trinajstić information content (AvgIpc) is 3.45. The zero-order valence-electron chi connectivity index (χ0n) is 16.0. The van der Waals surface area contributed by atoms with Crippen LogP contribution in [0.2, 0.25) is 0 Å². The molecular weight excluding hydrogens is 380 g/mol. The Kier molecular flexibility index (Phi) is 4.41. The van der Waals surface area contributed by atoms with Gasteiger partial charge in [0, 0.05) is 53.5 Å². The van der Waals surface area contributed by atoms with Gasteiger partial charge in [0.15, 0.2) is 0 Å². The molecule has 0 unspecified atom stereocenters. The van der Waals surface area contributed by atoms with Crippen LogP contribution in [0.3, 0.4) is 0 Å². The van der Waals surface area contributed by atoms with Crippen LogP contribution < -0.4 is 5.32 Å². The summed E-state index contributed by atoms with van der Waals surface area (Å²) in [5.41, 5.74) is 6.35. The summed E-state index contributed by atoms with van der Waals surface area (Å²) >= 11 is 1.61. The minimum absolute atomic E-state index is 0.0403. The minimum Gasteiger partial charge on any atom is -0.352 e. The maximum Gasteiger partial charge on any atom is 0.224 e. The highest BCUT2D eigenvalue weighted by molar-refractivity contribution is 7.08. The van der Waals surface area contributed by atoms with E-state index in [-0.39, 0.29) is 5.91 Å². The predicted molar refractivity (Wildman–Crippen MR) is 118 cm³/mol. The number of hydrogen-bond acceptors (Lipinski definition) is 3. The Labute approximate surface area is 172 Å². The summed E-state index contributed by atoms with van der Waals surface area (Å²) in [5, 5.41) is 9.28. The second kappa shape index (κ2) is 7.22. The number of rotatable bonds is 5. The van der Waals surface area contributed by atoms with Gasteiger partial charge in [0.25, 0.3) is 0 Å². The Bertz CT molecular complexity index is 1280. The highest BCUT2D eigenvalue weighted by Crippen LogP contribution is 2.32.